The molecule has 172 valence electrons. The SMILES string of the molecule is CN1CCCC1C#Cc1cc2c(Nc3ccc(OCc4cccc(F)c4)c(Cl)c3)ncnc2s1. The predicted molar refractivity (Wildman–Crippen MR) is 135 cm³/mol. The fourth-order valence-electron chi connectivity index (χ4n) is 3.88. The van der Waals surface area contributed by atoms with Crippen LogP contribution in [-0.2, 0) is 6.61 Å². The largest absolute Gasteiger partial charge is 0.487 e. The molecule has 2 aromatic heterocycles. The van der Waals surface area contributed by atoms with E-state index in [0.717, 1.165) is 39.3 Å². The van der Waals surface area contributed by atoms with Crippen molar-refractivity contribution < 1.29 is 9.13 Å². The average molecular weight is 493 g/mol. The van der Waals surface area contributed by atoms with Crippen LogP contribution < -0.4 is 10.1 Å². The maximum Gasteiger partial charge on any atom is 0.142 e. The van der Waals surface area contributed by atoms with Crippen molar-refractivity contribution in [2.24, 2.45) is 0 Å². The lowest BCUT2D eigenvalue weighted by Crippen LogP contribution is -2.22. The van der Waals surface area contributed by atoms with Crippen LogP contribution in [0, 0.1) is 17.7 Å². The first-order chi connectivity index (χ1) is 16.5. The molecule has 1 aliphatic heterocycles. The number of hydrogen-bond donors (Lipinski definition) is 1. The zero-order valence-electron chi connectivity index (χ0n) is 18.5. The van der Waals surface area contributed by atoms with E-state index in [1.54, 1.807) is 41.9 Å². The molecule has 1 atom stereocenters. The highest BCUT2D eigenvalue weighted by Crippen LogP contribution is 2.33. The summed E-state index contributed by atoms with van der Waals surface area (Å²) >= 11 is 8.00. The second-order valence-electron chi connectivity index (χ2n) is 8.15. The van der Waals surface area contributed by atoms with E-state index < -0.39 is 0 Å². The first kappa shape index (κ1) is 22.6. The summed E-state index contributed by atoms with van der Waals surface area (Å²) in [6.45, 7) is 1.33. The van der Waals surface area contributed by atoms with Crippen molar-refractivity contribution >= 4 is 44.7 Å². The molecule has 0 radical (unpaired) electrons. The predicted octanol–water partition coefficient (Wildman–Crippen LogP) is 6.25. The Kier molecular flexibility index (Phi) is 6.63. The molecule has 1 fully saturated rings. The monoisotopic (exact) mass is 492 g/mol. The zero-order valence-corrected chi connectivity index (χ0v) is 20.1. The highest BCUT2D eigenvalue weighted by Gasteiger charge is 2.18. The molecule has 1 aliphatic rings. The van der Waals surface area contributed by atoms with E-state index in [1.807, 2.05) is 12.1 Å². The zero-order chi connectivity index (χ0) is 23.5. The number of hydrogen-bond acceptors (Lipinski definition) is 6. The fraction of sp³-hybridized carbons (Fsp3) is 0.231. The molecule has 1 saturated heterocycles. The number of thiophene rings is 1. The molecular weight excluding hydrogens is 471 g/mol. The highest BCUT2D eigenvalue weighted by molar-refractivity contribution is 7.19. The van der Waals surface area contributed by atoms with Crippen molar-refractivity contribution in [3.63, 3.8) is 0 Å². The van der Waals surface area contributed by atoms with Crippen LogP contribution in [0.1, 0.15) is 23.3 Å². The maximum atomic E-state index is 13.4. The summed E-state index contributed by atoms with van der Waals surface area (Å²) < 4.78 is 19.1. The van der Waals surface area contributed by atoms with E-state index in [0.29, 0.717) is 22.6 Å². The van der Waals surface area contributed by atoms with E-state index in [9.17, 15) is 4.39 Å². The molecule has 1 N–H and O–H groups in total. The number of rotatable bonds is 5. The van der Waals surface area contributed by atoms with Gasteiger partial charge >= 0.3 is 0 Å². The number of nitrogens with zero attached hydrogens (tertiary/aromatic N) is 3. The van der Waals surface area contributed by atoms with E-state index in [-0.39, 0.29) is 12.4 Å². The smallest absolute Gasteiger partial charge is 0.142 e. The molecule has 3 heterocycles. The van der Waals surface area contributed by atoms with Gasteiger partial charge in [-0.2, -0.15) is 0 Å². The second kappa shape index (κ2) is 9.98. The summed E-state index contributed by atoms with van der Waals surface area (Å²) in [7, 11) is 2.12. The van der Waals surface area contributed by atoms with Gasteiger partial charge in [-0.3, -0.25) is 4.90 Å². The lowest BCUT2D eigenvalue weighted by Gasteiger charge is -2.11. The standard InChI is InChI=1S/C26H22ClFN4OS/c1-32-11-3-6-20(32)8-9-21-14-22-25(29-16-30-26(22)34-21)31-19-7-10-24(23(27)13-19)33-15-17-4-2-5-18(28)12-17/h2,4-5,7,10,12-14,16,20H,3,6,11,15H2,1H3,(H,29,30,31). The first-order valence-electron chi connectivity index (χ1n) is 11.0. The first-order valence-corrected chi connectivity index (χ1v) is 12.1. The number of anilines is 2. The number of fused-ring (bicyclic) bond motifs is 1. The Hall–Kier alpha value is -3.18. The van der Waals surface area contributed by atoms with Crippen LogP contribution >= 0.6 is 22.9 Å². The van der Waals surface area contributed by atoms with Gasteiger partial charge in [0.25, 0.3) is 0 Å². The van der Waals surface area contributed by atoms with Crippen LogP contribution in [0.25, 0.3) is 10.2 Å². The number of likely N-dealkylation sites (tertiary alicyclic amines) is 1. The molecule has 0 saturated carbocycles. The molecular formula is C26H22ClFN4OS. The van der Waals surface area contributed by atoms with Crippen molar-refractivity contribution in [1.29, 1.82) is 0 Å². The Morgan fingerprint density at radius 1 is 1.24 bits per heavy atom. The Bertz CT molecular complexity index is 1400. The number of benzene rings is 2. The summed E-state index contributed by atoms with van der Waals surface area (Å²) in [6, 6.07) is 14.1. The molecule has 2 aromatic carbocycles. The van der Waals surface area contributed by atoms with Gasteiger partial charge in [0.05, 0.1) is 21.3 Å². The Labute approximate surface area is 206 Å². The quantitative estimate of drug-likeness (QED) is 0.333. The average Bonchev–Trinajstić information content (AvgIpc) is 3.43. The fourth-order valence-corrected chi connectivity index (χ4v) is 4.98. The van der Waals surface area contributed by atoms with Crippen LogP contribution in [0.4, 0.5) is 15.9 Å². The third-order valence-electron chi connectivity index (χ3n) is 5.69. The maximum absolute atomic E-state index is 13.4. The van der Waals surface area contributed by atoms with Crippen LogP contribution in [0.15, 0.2) is 54.9 Å². The number of aromatic nitrogens is 2. The van der Waals surface area contributed by atoms with Gasteiger partial charge in [0.2, 0.25) is 0 Å². The van der Waals surface area contributed by atoms with Crippen molar-refractivity contribution in [1.82, 2.24) is 14.9 Å². The van der Waals surface area contributed by atoms with Gasteiger partial charge in [-0.25, -0.2) is 14.4 Å². The Morgan fingerprint density at radius 2 is 2.15 bits per heavy atom. The summed E-state index contributed by atoms with van der Waals surface area (Å²) in [6.07, 6.45) is 3.85. The van der Waals surface area contributed by atoms with E-state index in [1.165, 1.54) is 18.6 Å². The molecule has 8 heteroatoms. The third-order valence-corrected chi connectivity index (χ3v) is 6.94. The molecule has 0 bridgehead atoms. The minimum absolute atomic E-state index is 0.228. The third kappa shape index (κ3) is 5.15. The lowest BCUT2D eigenvalue weighted by molar-refractivity contribution is 0.306. The van der Waals surface area contributed by atoms with Gasteiger partial charge in [-0.15, -0.1) is 11.3 Å². The molecule has 0 amide bonds. The van der Waals surface area contributed by atoms with Crippen LogP contribution in [-0.4, -0.2) is 34.5 Å². The van der Waals surface area contributed by atoms with Gasteiger partial charge in [0, 0.05) is 5.69 Å². The van der Waals surface area contributed by atoms with Crippen molar-refractivity contribution in [2.45, 2.75) is 25.5 Å². The lowest BCUT2D eigenvalue weighted by atomic mass is 10.2. The Morgan fingerprint density at radius 3 is 2.94 bits per heavy atom. The number of halogens is 2. The molecule has 5 nitrogen and oxygen atoms in total. The van der Waals surface area contributed by atoms with E-state index in [2.05, 4.69) is 39.1 Å². The van der Waals surface area contributed by atoms with Gasteiger partial charge in [0.15, 0.2) is 0 Å². The Balaban J connectivity index is 1.31. The van der Waals surface area contributed by atoms with E-state index in [4.69, 9.17) is 16.3 Å². The van der Waals surface area contributed by atoms with Crippen LogP contribution in [0.5, 0.6) is 5.75 Å². The molecule has 4 aromatic rings. The topological polar surface area (TPSA) is 50.3 Å². The summed E-state index contributed by atoms with van der Waals surface area (Å²) in [5.41, 5.74) is 1.51. The van der Waals surface area contributed by atoms with Crippen molar-refractivity contribution in [3.8, 4) is 17.6 Å². The molecule has 0 aliphatic carbocycles. The van der Waals surface area contributed by atoms with Gasteiger partial charge in [-0.1, -0.05) is 35.6 Å². The highest BCUT2D eigenvalue weighted by atomic mass is 35.5. The van der Waals surface area contributed by atoms with Crippen molar-refractivity contribution in [3.05, 3.63) is 76.1 Å². The molecule has 34 heavy (non-hydrogen) atoms. The summed E-state index contributed by atoms with van der Waals surface area (Å²) in [5, 5.41) is 4.69. The van der Waals surface area contributed by atoms with Crippen LogP contribution in [0.2, 0.25) is 5.02 Å². The molecule has 5 rings (SSSR count). The molecule has 0 spiro atoms. The summed E-state index contributed by atoms with van der Waals surface area (Å²) in [4.78, 5) is 13.0. The van der Waals surface area contributed by atoms with Crippen LogP contribution in [0.3, 0.4) is 0 Å². The van der Waals surface area contributed by atoms with Gasteiger partial charge in [0.1, 0.15) is 35.1 Å². The summed E-state index contributed by atoms with van der Waals surface area (Å²) in [5.74, 6) is 7.62. The minimum atomic E-state index is -0.295. The van der Waals surface area contributed by atoms with Crippen molar-refractivity contribution in [2.75, 3.05) is 18.9 Å². The molecule has 1 unspecified atom stereocenters. The minimum Gasteiger partial charge on any atom is -0.487 e. The number of nitrogens with one attached hydrogen (secondary N) is 1. The number of ether oxygens (including phenoxy) is 1. The van der Waals surface area contributed by atoms with E-state index >= 15 is 0 Å². The normalized spacial score (nSPS) is 15.8. The van der Waals surface area contributed by atoms with Gasteiger partial charge in [-0.05, 0) is 68.4 Å². The second-order valence-corrected chi connectivity index (χ2v) is 9.59. The van der Waals surface area contributed by atoms with Gasteiger partial charge < -0.3 is 10.1 Å².